The molecule has 2 amide bonds. The number of rotatable bonds is 5. The Bertz CT molecular complexity index is 814. The van der Waals surface area contributed by atoms with Crippen LogP contribution in [0.25, 0.3) is 0 Å². The van der Waals surface area contributed by atoms with Crippen LogP contribution < -0.4 is 16.0 Å². The standard InChI is InChI=1S/C20H23ClN4O2.ClH/c1-14(26)23-15-6-8-16(9-7-15)24-20(27)13-25-11-10-22-12-19(25)17-4-2-3-5-18(17)21;/h2-9,19,22H,10-13H2,1H3,(H,23,26)(H,24,27);1H. The number of hydrogen-bond acceptors (Lipinski definition) is 4. The summed E-state index contributed by atoms with van der Waals surface area (Å²) in [7, 11) is 0. The Morgan fingerprint density at radius 1 is 1.11 bits per heavy atom. The van der Waals surface area contributed by atoms with Crippen LogP contribution in [-0.2, 0) is 9.59 Å². The van der Waals surface area contributed by atoms with Crippen LogP contribution in [0.4, 0.5) is 11.4 Å². The predicted octanol–water partition coefficient (Wildman–Crippen LogP) is 3.31. The van der Waals surface area contributed by atoms with Gasteiger partial charge in [-0.15, -0.1) is 12.4 Å². The van der Waals surface area contributed by atoms with E-state index in [2.05, 4.69) is 20.9 Å². The van der Waals surface area contributed by atoms with Gasteiger partial charge in [-0.2, -0.15) is 0 Å². The molecule has 8 heteroatoms. The maximum absolute atomic E-state index is 12.5. The number of nitrogens with one attached hydrogen (secondary N) is 3. The predicted molar refractivity (Wildman–Crippen MR) is 115 cm³/mol. The van der Waals surface area contributed by atoms with Crippen LogP contribution in [0, 0.1) is 0 Å². The molecule has 150 valence electrons. The lowest BCUT2D eigenvalue weighted by Crippen LogP contribution is -2.48. The molecule has 3 rings (SSSR count). The fourth-order valence-electron chi connectivity index (χ4n) is 3.21. The third-order valence-corrected chi connectivity index (χ3v) is 4.80. The van der Waals surface area contributed by atoms with Crippen LogP contribution in [-0.4, -0.2) is 42.9 Å². The number of carbonyl (C=O) groups excluding carboxylic acids is 2. The molecule has 1 aliphatic rings. The van der Waals surface area contributed by atoms with Crippen molar-refractivity contribution in [1.29, 1.82) is 0 Å². The Balaban J connectivity index is 0.00000280. The quantitative estimate of drug-likeness (QED) is 0.690. The Labute approximate surface area is 176 Å². The van der Waals surface area contributed by atoms with Gasteiger partial charge in [0.1, 0.15) is 0 Å². The van der Waals surface area contributed by atoms with Gasteiger partial charge in [0, 0.05) is 49.0 Å². The lowest BCUT2D eigenvalue weighted by Gasteiger charge is -2.36. The molecule has 1 unspecified atom stereocenters. The fraction of sp³-hybridized carbons (Fsp3) is 0.300. The van der Waals surface area contributed by atoms with E-state index in [0.717, 1.165) is 25.2 Å². The van der Waals surface area contributed by atoms with Gasteiger partial charge in [0.05, 0.1) is 6.54 Å². The molecule has 1 atom stereocenters. The van der Waals surface area contributed by atoms with Crippen molar-refractivity contribution in [1.82, 2.24) is 10.2 Å². The molecule has 28 heavy (non-hydrogen) atoms. The molecule has 0 saturated carbocycles. The average Bonchev–Trinajstić information content (AvgIpc) is 2.64. The van der Waals surface area contributed by atoms with E-state index in [1.165, 1.54) is 6.92 Å². The van der Waals surface area contributed by atoms with E-state index in [9.17, 15) is 9.59 Å². The summed E-state index contributed by atoms with van der Waals surface area (Å²) in [6.07, 6.45) is 0. The zero-order valence-corrected chi connectivity index (χ0v) is 17.1. The number of hydrogen-bond donors (Lipinski definition) is 3. The molecule has 6 nitrogen and oxygen atoms in total. The van der Waals surface area contributed by atoms with Crippen LogP contribution >= 0.6 is 24.0 Å². The number of nitrogens with zero attached hydrogens (tertiary/aromatic N) is 1. The molecule has 0 aromatic heterocycles. The molecule has 0 aliphatic carbocycles. The van der Waals surface area contributed by atoms with Crippen molar-refractivity contribution in [2.24, 2.45) is 0 Å². The minimum atomic E-state index is -0.129. The highest BCUT2D eigenvalue weighted by Crippen LogP contribution is 2.28. The van der Waals surface area contributed by atoms with Crippen molar-refractivity contribution < 1.29 is 9.59 Å². The molecular formula is C20H24Cl2N4O2. The Kier molecular flexibility index (Phi) is 8.26. The summed E-state index contributed by atoms with van der Waals surface area (Å²) in [6.45, 7) is 4.09. The SMILES string of the molecule is CC(=O)Nc1ccc(NC(=O)CN2CCNCC2c2ccccc2Cl)cc1.Cl. The lowest BCUT2D eigenvalue weighted by atomic mass is 10.0. The van der Waals surface area contributed by atoms with Crippen LogP contribution in [0.1, 0.15) is 18.5 Å². The zero-order chi connectivity index (χ0) is 19.2. The first-order valence-corrected chi connectivity index (χ1v) is 9.27. The Hall–Kier alpha value is -2.12. The maximum Gasteiger partial charge on any atom is 0.238 e. The zero-order valence-electron chi connectivity index (χ0n) is 15.6. The van der Waals surface area contributed by atoms with Gasteiger partial charge in [-0.25, -0.2) is 0 Å². The molecule has 0 bridgehead atoms. The van der Waals surface area contributed by atoms with Gasteiger partial charge in [0.25, 0.3) is 0 Å². The lowest BCUT2D eigenvalue weighted by molar-refractivity contribution is -0.118. The van der Waals surface area contributed by atoms with Crippen molar-refractivity contribution in [3.63, 3.8) is 0 Å². The van der Waals surface area contributed by atoms with Crippen LogP contribution in [0.3, 0.4) is 0 Å². The number of amides is 2. The highest BCUT2D eigenvalue weighted by atomic mass is 35.5. The molecule has 2 aromatic rings. The van der Waals surface area contributed by atoms with Gasteiger partial charge in [-0.3, -0.25) is 14.5 Å². The molecule has 2 aromatic carbocycles. The second-order valence-corrected chi connectivity index (χ2v) is 6.93. The van der Waals surface area contributed by atoms with Crippen LogP contribution in [0.15, 0.2) is 48.5 Å². The molecule has 3 N–H and O–H groups in total. The van der Waals surface area contributed by atoms with Crippen LogP contribution in [0.2, 0.25) is 5.02 Å². The number of carbonyl (C=O) groups is 2. The maximum atomic E-state index is 12.5. The van der Waals surface area contributed by atoms with Crippen molar-refractivity contribution in [2.45, 2.75) is 13.0 Å². The highest BCUT2D eigenvalue weighted by Gasteiger charge is 2.26. The Morgan fingerprint density at radius 2 is 1.75 bits per heavy atom. The number of anilines is 2. The molecular weight excluding hydrogens is 399 g/mol. The summed E-state index contributed by atoms with van der Waals surface area (Å²) in [6, 6.07) is 14.9. The van der Waals surface area contributed by atoms with E-state index in [1.54, 1.807) is 24.3 Å². The van der Waals surface area contributed by atoms with Gasteiger partial charge < -0.3 is 16.0 Å². The average molecular weight is 423 g/mol. The van der Waals surface area contributed by atoms with Crippen LogP contribution in [0.5, 0.6) is 0 Å². The van der Waals surface area contributed by atoms with Gasteiger partial charge in [-0.05, 0) is 35.9 Å². The minimum absolute atomic E-state index is 0. The fourth-order valence-corrected chi connectivity index (χ4v) is 3.47. The molecule has 1 fully saturated rings. The summed E-state index contributed by atoms with van der Waals surface area (Å²) in [5, 5.41) is 9.69. The first-order valence-electron chi connectivity index (χ1n) is 8.89. The normalized spacial score (nSPS) is 16.7. The van der Waals surface area contributed by atoms with Gasteiger partial charge in [0.2, 0.25) is 11.8 Å². The van der Waals surface area contributed by atoms with Crippen molar-refractivity contribution in [3.8, 4) is 0 Å². The molecule has 1 heterocycles. The molecule has 0 spiro atoms. The summed E-state index contributed by atoms with van der Waals surface area (Å²) < 4.78 is 0. The first-order chi connectivity index (χ1) is 13.0. The summed E-state index contributed by atoms with van der Waals surface area (Å²) in [5.74, 6) is -0.211. The van der Waals surface area contributed by atoms with Crippen molar-refractivity contribution in [3.05, 3.63) is 59.1 Å². The highest BCUT2D eigenvalue weighted by molar-refractivity contribution is 6.31. The largest absolute Gasteiger partial charge is 0.326 e. The second-order valence-electron chi connectivity index (χ2n) is 6.52. The summed E-state index contributed by atoms with van der Waals surface area (Å²) in [4.78, 5) is 25.7. The van der Waals surface area contributed by atoms with Crippen molar-refractivity contribution >= 4 is 47.2 Å². The van der Waals surface area contributed by atoms with E-state index < -0.39 is 0 Å². The first kappa shape index (κ1) is 22.2. The van der Waals surface area contributed by atoms with E-state index in [-0.39, 0.29) is 36.8 Å². The topological polar surface area (TPSA) is 73.5 Å². The van der Waals surface area contributed by atoms with Crippen molar-refractivity contribution in [2.75, 3.05) is 36.8 Å². The second kappa shape index (κ2) is 10.4. The smallest absolute Gasteiger partial charge is 0.238 e. The monoisotopic (exact) mass is 422 g/mol. The molecule has 1 saturated heterocycles. The van der Waals surface area contributed by atoms with E-state index in [4.69, 9.17) is 11.6 Å². The molecule has 0 radical (unpaired) electrons. The minimum Gasteiger partial charge on any atom is -0.326 e. The van der Waals surface area contributed by atoms with Gasteiger partial charge >= 0.3 is 0 Å². The van der Waals surface area contributed by atoms with Gasteiger partial charge in [0.15, 0.2) is 0 Å². The van der Waals surface area contributed by atoms with E-state index in [0.29, 0.717) is 16.4 Å². The van der Waals surface area contributed by atoms with E-state index >= 15 is 0 Å². The van der Waals surface area contributed by atoms with E-state index in [1.807, 2.05) is 24.3 Å². The molecule has 1 aliphatic heterocycles. The number of benzene rings is 2. The Morgan fingerprint density at radius 3 is 2.39 bits per heavy atom. The summed E-state index contributed by atoms with van der Waals surface area (Å²) >= 11 is 6.36. The third kappa shape index (κ3) is 5.94. The van der Waals surface area contributed by atoms with Gasteiger partial charge in [-0.1, -0.05) is 29.8 Å². The number of halogens is 2. The summed E-state index contributed by atoms with van der Waals surface area (Å²) in [5.41, 5.74) is 2.42. The number of piperazine rings is 1. The third-order valence-electron chi connectivity index (χ3n) is 4.45.